The predicted octanol–water partition coefficient (Wildman–Crippen LogP) is 2.23. The number of hydrogen-bond acceptors (Lipinski definition) is 1. The van der Waals surface area contributed by atoms with Crippen LogP contribution in [0.4, 0.5) is 8.78 Å². The van der Waals surface area contributed by atoms with Gasteiger partial charge in [0.25, 0.3) is 0 Å². The lowest BCUT2D eigenvalue weighted by Crippen LogP contribution is -2.01. The van der Waals surface area contributed by atoms with Crippen LogP contribution in [0, 0.1) is 23.5 Å². The zero-order chi connectivity index (χ0) is 11.0. The molecule has 1 fully saturated rings. The maximum atomic E-state index is 12.8. The van der Waals surface area contributed by atoms with Crippen LogP contribution >= 0.6 is 0 Å². The van der Waals surface area contributed by atoms with E-state index in [0.717, 1.165) is 12.1 Å². The third kappa shape index (κ3) is 2.14. The standard InChI is InChI=1S/C11H10F2O2/c12-9-2-1-6(4-10(9)13)3-7-5-8(7)11(14)15/h1-2,4,7-8H,3,5H2,(H,14,15)/t7-,8+/m0/s1. The van der Waals surface area contributed by atoms with E-state index in [1.165, 1.54) is 6.07 Å². The first-order valence-electron chi connectivity index (χ1n) is 4.74. The second-order valence-corrected chi connectivity index (χ2v) is 3.89. The largest absolute Gasteiger partial charge is 0.481 e. The van der Waals surface area contributed by atoms with Crippen molar-refractivity contribution >= 4 is 5.97 Å². The number of carbonyl (C=O) groups is 1. The Hall–Kier alpha value is -1.45. The van der Waals surface area contributed by atoms with E-state index in [1.807, 2.05) is 0 Å². The van der Waals surface area contributed by atoms with Crippen molar-refractivity contribution in [3.8, 4) is 0 Å². The minimum Gasteiger partial charge on any atom is -0.481 e. The lowest BCUT2D eigenvalue weighted by atomic mass is 10.1. The van der Waals surface area contributed by atoms with Crippen LogP contribution < -0.4 is 0 Å². The van der Waals surface area contributed by atoms with Gasteiger partial charge in [-0.25, -0.2) is 8.78 Å². The molecule has 0 unspecified atom stereocenters. The number of aliphatic carboxylic acids is 1. The van der Waals surface area contributed by atoms with Gasteiger partial charge in [-0.3, -0.25) is 4.79 Å². The maximum absolute atomic E-state index is 12.8. The second-order valence-electron chi connectivity index (χ2n) is 3.89. The van der Waals surface area contributed by atoms with Crippen LogP contribution in [0.2, 0.25) is 0 Å². The van der Waals surface area contributed by atoms with Gasteiger partial charge in [0.15, 0.2) is 11.6 Å². The van der Waals surface area contributed by atoms with Crippen LogP contribution in [0.5, 0.6) is 0 Å². The summed E-state index contributed by atoms with van der Waals surface area (Å²) in [7, 11) is 0. The summed E-state index contributed by atoms with van der Waals surface area (Å²) in [5, 5.41) is 8.67. The molecule has 2 rings (SSSR count). The van der Waals surface area contributed by atoms with E-state index >= 15 is 0 Å². The molecule has 80 valence electrons. The lowest BCUT2D eigenvalue weighted by Gasteiger charge is -2.00. The third-order valence-corrected chi connectivity index (χ3v) is 2.72. The molecule has 2 atom stereocenters. The van der Waals surface area contributed by atoms with E-state index < -0.39 is 17.6 Å². The third-order valence-electron chi connectivity index (χ3n) is 2.72. The van der Waals surface area contributed by atoms with Crippen LogP contribution in [0.25, 0.3) is 0 Å². The van der Waals surface area contributed by atoms with E-state index in [9.17, 15) is 13.6 Å². The highest BCUT2D eigenvalue weighted by molar-refractivity contribution is 5.73. The maximum Gasteiger partial charge on any atom is 0.306 e. The van der Waals surface area contributed by atoms with Crippen molar-refractivity contribution in [3.05, 3.63) is 35.4 Å². The summed E-state index contributed by atoms with van der Waals surface area (Å²) in [4.78, 5) is 10.5. The van der Waals surface area contributed by atoms with Gasteiger partial charge in [-0.1, -0.05) is 6.07 Å². The molecule has 1 N–H and O–H groups in total. The van der Waals surface area contributed by atoms with Crippen LogP contribution in [-0.4, -0.2) is 11.1 Å². The monoisotopic (exact) mass is 212 g/mol. The van der Waals surface area contributed by atoms with Gasteiger partial charge in [-0.15, -0.1) is 0 Å². The van der Waals surface area contributed by atoms with Crippen molar-refractivity contribution < 1.29 is 18.7 Å². The lowest BCUT2D eigenvalue weighted by molar-refractivity contribution is -0.138. The van der Waals surface area contributed by atoms with Crippen molar-refractivity contribution in [1.29, 1.82) is 0 Å². The van der Waals surface area contributed by atoms with Gasteiger partial charge >= 0.3 is 5.97 Å². The Morgan fingerprint density at radius 2 is 2.13 bits per heavy atom. The first-order valence-corrected chi connectivity index (χ1v) is 4.74. The smallest absolute Gasteiger partial charge is 0.306 e. The van der Waals surface area contributed by atoms with Crippen LogP contribution in [0.15, 0.2) is 18.2 Å². The molecule has 15 heavy (non-hydrogen) atoms. The van der Waals surface area contributed by atoms with Crippen LogP contribution in [0.1, 0.15) is 12.0 Å². The zero-order valence-electron chi connectivity index (χ0n) is 7.91. The van der Waals surface area contributed by atoms with Gasteiger partial charge in [0, 0.05) is 0 Å². The van der Waals surface area contributed by atoms with Crippen molar-refractivity contribution in [2.75, 3.05) is 0 Å². The first-order chi connectivity index (χ1) is 7.08. The fourth-order valence-corrected chi connectivity index (χ4v) is 1.74. The molecule has 0 heterocycles. The number of halogens is 2. The summed E-state index contributed by atoms with van der Waals surface area (Å²) in [5.41, 5.74) is 0.655. The topological polar surface area (TPSA) is 37.3 Å². The zero-order valence-corrected chi connectivity index (χ0v) is 7.91. The Morgan fingerprint density at radius 1 is 1.40 bits per heavy atom. The molecule has 1 aliphatic rings. The van der Waals surface area contributed by atoms with Gasteiger partial charge in [-0.2, -0.15) is 0 Å². The van der Waals surface area contributed by atoms with Gasteiger partial charge < -0.3 is 5.11 Å². The molecule has 1 aromatic rings. The number of hydrogen-bond donors (Lipinski definition) is 1. The first kappa shape index (κ1) is 10.1. The average Bonchev–Trinajstić information content (AvgIpc) is 2.91. The molecule has 0 bridgehead atoms. The van der Waals surface area contributed by atoms with Crippen molar-refractivity contribution in [2.24, 2.45) is 11.8 Å². The van der Waals surface area contributed by atoms with Crippen molar-refractivity contribution in [3.63, 3.8) is 0 Å². The summed E-state index contributed by atoms with van der Waals surface area (Å²) in [6, 6.07) is 3.70. The Kier molecular flexibility index (Phi) is 2.42. The second kappa shape index (κ2) is 3.61. The minimum atomic E-state index is -0.875. The SMILES string of the molecule is O=C(O)[C@@H]1C[C@@H]1Cc1ccc(F)c(F)c1. The number of carboxylic acids is 1. The Bertz CT molecular complexity index is 404. The van der Waals surface area contributed by atoms with Gasteiger partial charge in [-0.05, 0) is 36.5 Å². The summed E-state index contributed by atoms with van der Waals surface area (Å²) in [6.45, 7) is 0. The molecule has 2 nitrogen and oxygen atoms in total. The van der Waals surface area contributed by atoms with E-state index in [-0.39, 0.29) is 11.8 Å². The average molecular weight is 212 g/mol. The Balaban J connectivity index is 2.01. The number of benzene rings is 1. The molecule has 4 heteroatoms. The molecule has 0 saturated heterocycles. The molecule has 0 aromatic heterocycles. The molecule has 0 aliphatic heterocycles. The molecule has 0 amide bonds. The molecule has 0 spiro atoms. The molecule has 1 saturated carbocycles. The van der Waals surface area contributed by atoms with Crippen molar-refractivity contribution in [1.82, 2.24) is 0 Å². The highest BCUT2D eigenvalue weighted by atomic mass is 19.2. The van der Waals surface area contributed by atoms with E-state index in [2.05, 4.69) is 0 Å². The molecule has 1 aliphatic carbocycles. The summed E-state index contributed by atoms with van der Waals surface area (Å²) in [6.07, 6.45) is 1.14. The normalized spacial score (nSPS) is 23.9. The van der Waals surface area contributed by atoms with E-state index in [4.69, 9.17) is 5.11 Å². The van der Waals surface area contributed by atoms with E-state index in [0.29, 0.717) is 18.4 Å². The minimum absolute atomic E-state index is 0.0763. The summed E-state index contributed by atoms with van der Waals surface area (Å²) in [5.74, 6) is -2.78. The molecular weight excluding hydrogens is 202 g/mol. The number of rotatable bonds is 3. The quantitative estimate of drug-likeness (QED) is 0.834. The molecular formula is C11H10F2O2. The fraction of sp³-hybridized carbons (Fsp3) is 0.364. The van der Waals surface area contributed by atoms with Crippen LogP contribution in [0.3, 0.4) is 0 Å². The Labute approximate surface area is 85.5 Å². The van der Waals surface area contributed by atoms with Gasteiger partial charge in [0.2, 0.25) is 0 Å². The number of carboxylic acid groups (broad SMARTS) is 1. The van der Waals surface area contributed by atoms with E-state index in [1.54, 1.807) is 0 Å². The highest BCUT2D eigenvalue weighted by Crippen LogP contribution is 2.41. The Morgan fingerprint density at radius 3 is 2.67 bits per heavy atom. The predicted molar refractivity (Wildman–Crippen MR) is 49.3 cm³/mol. The molecule has 1 aromatic carbocycles. The molecule has 0 radical (unpaired) electrons. The van der Waals surface area contributed by atoms with Crippen LogP contribution in [-0.2, 0) is 11.2 Å². The van der Waals surface area contributed by atoms with Gasteiger partial charge in [0.1, 0.15) is 0 Å². The highest BCUT2D eigenvalue weighted by Gasteiger charge is 2.42. The summed E-state index contributed by atoms with van der Waals surface area (Å²) < 4.78 is 25.4. The summed E-state index contributed by atoms with van der Waals surface area (Å²) >= 11 is 0. The fourth-order valence-electron chi connectivity index (χ4n) is 1.74. The van der Waals surface area contributed by atoms with Crippen molar-refractivity contribution in [2.45, 2.75) is 12.8 Å². The van der Waals surface area contributed by atoms with Gasteiger partial charge in [0.05, 0.1) is 5.92 Å².